The zero-order valence-corrected chi connectivity index (χ0v) is 21.7. The number of aromatic amines is 2. The molecular weight excluding hydrogens is 461 g/mol. The van der Waals surface area contributed by atoms with Gasteiger partial charge in [-0.05, 0) is 69.2 Å². The van der Waals surface area contributed by atoms with Gasteiger partial charge >= 0.3 is 0 Å². The van der Waals surface area contributed by atoms with Crippen LogP contribution in [0.2, 0.25) is 0 Å². The van der Waals surface area contributed by atoms with E-state index in [1.165, 1.54) is 6.07 Å². The number of rotatable bonds is 9. The molecule has 0 atom stereocenters. The SMILES string of the molecule is C=C/C=C(/c1ccccc1F)c1cc(-c2[nH]nc3ncc(C(/C=C(\C=C)NC(C)C)=C/C)cc23)[nH]c1C. The van der Waals surface area contributed by atoms with Crippen LogP contribution in [0.25, 0.3) is 33.6 Å². The first-order valence-corrected chi connectivity index (χ1v) is 12.3. The average molecular weight is 494 g/mol. The van der Waals surface area contributed by atoms with Crippen molar-refractivity contribution in [3.8, 4) is 11.4 Å². The molecule has 0 saturated heterocycles. The maximum Gasteiger partial charge on any atom is 0.181 e. The van der Waals surface area contributed by atoms with E-state index in [0.29, 0.717) is 11.2 Å². The fraction of sp³-hybridized carbons (Fsp3) is 0.161. The standard InChI is InChI=1S/C31H32FN5/c1-7-12-24(25-13-10-11-14-28(25)32)26-17-29(35-20(26)6)30-27-16-22(18-33-31(27)37-36-30)21(8-2)15-23(9-3)34-19(4)5/h7-19,34-35H,1,3H2,2,4-6H3,(H,33,36,37)/b21-8+,23-15+,24-12-. The van der Waals surface area contributed by atoms with Gasteiger partial charge in [0.25, 0.3) is 0 Å². The van der Waals surface area contributed by atoms with Crippen molar-refractivity contribution >= 4 is 22.2 Å². The van der Waals surface area contributed by atoms with Crippen LogP contribution in [0.3, 0.4) is 0 Å². The molecule has 1 aromatic carbocycles. The summed E-state index contributed by atoms with van der Waals surface area (Å²) in [5, 5.41) is 11.8. The normalized spacial score (nSPS) is 12.9. The number of halogens is 1. The minimum Gasteiger partial charge on any atom is -0.383 e. The Morgan fingerprint density at radius 1 is 1.14 bits per heavy atom. The molecule has 0 aliphatic carbocycles. The number of aromatic nitrogens is 4. The van der Waals surface area contributed by atoms with Gasteiger partial charge in [-0.1, -0.05) is 49.6 Å². The summed E-state index contributed by atoms with van der Waals surface area (Å²) >= 11 is 0. The highest BCUT2D eigenvalue weighted by molar-refractivity contribution is 5.94. The van der Waals surface area contributed by atoms with E-state index in [2.05, 4.69) is 64.6 Å². The zero-order chi connectivity index (χ0) is 26.5. The second-order valence-corrected chi connectivity index (χ2v) is 9.06. The summed E-state index contributed by atoms with van der Waals surface area (Å²) < 4.78 is 14.7. The van der Waals surface area contributed by atoms with E-state index in [1.807, 2.05) is 50.4 Å². The molecule has 3 N–H and O–H groups in total. The zero-order valence-electron chi connectivity index (χ0n) is 21.7. The first-order chi connectivity index (χ1) is 17.9. The minimum atomic E-state index is -0.281. The second-order valence-electron chi connectivity index (χ2n) is 9.06. The van der Waals surface area contributed by atoms with Crippen molar-refractivity contribution < 1.29 is 4.39 Å². The third-order valence-electron chi connectivity index (χ3n) is 6.06. The number of benzene rings is 1. The molecule has 3 aromatic heterocycles. The minimum absolute atomic E-state index is 0.281. The molecule has 5 nitrogen and oxygen atoms in total. The monoisotopic (exact) mass is 493 g/mol. The Morgan fingerprint density at radius 3 is 2.59 bits per heavy atom. The van der Waals surface area contributed by atoms with Crippen molar-refractivity contribution in [1.82, 2.24) is 25.5 Å². The molecule has 0 aliphatic heterocycles. The maximum atomic E-state index is 14.7. The van der Waals surface area contributed by atoms with Gasteiger partial charge in [-0.25, -0.2) is 9.37 Å². The number of fused-ring (bicyclic) bond motifs is 1. The van der Waals surface area contributed by atoms with Crippen molar-refractivity contribution in [2.45, 2.75) is 33.7 Å². The van der Waals surface area contributed by atoms with Gasteiger partial charge in [0, 0.05) is 45.7 Å². The van der Waals surface area contributed by atoms with Crippen LogP contribution in [-0.4, -0.2) is 26.2 Å². The lowest BCUT2D eigenvalue weighted by atomic mass is 9.97. The molecule has 0 aliphatic rings. The molecule has 0 radical (unpaired) electrons. The summed E-state index contributed by atoms with van der Waals surface area (Å²) in [6.45, 7) is 15.9. The molecule has 6 heteroatoms. The van der Waals surface area contributed by atoms with Crippen LogP contribution >= 0.6 is 0 Å². The van der Waals surface area contributed by atoms with Crippen molar-refractivity contribution in [3.05, 3.63) is 120 Å². The van der Waals surface area contributed by atoms with Crippen molar-refractivity contribution in [2.24, 2.45) is 0 Å². The van der Waals surface area contributed by atoms with Gasteiger partial charge < -0.3 is 10.3 Å². The van der Waals surface area contributed by atoms with E-state index >= 15 is 0 Å². The smallest absolute Gasteiger partial charge is 0.181 e. The molecule has 37 heavy (non-hydrogen) atoms. The lowest BCUT2D eigenvalue weighted by Crippen LogP contribution is -2.20. The van der Waals surface area contributed by atoms with E-state index in [0.717, 1.165) is 50.4 Å². The predicted molar refractivity (Wildman–Crippen MR) is 152 cm³/mol. The first kappa shape index (κ1) is 25.6. The quantitative estimate of drug-likeness (QED) is 0.212. The number of aryl methyl sites for hydroxylation is 1. The molecule has 0 amide bonds. The molecule has 0 spiro atoms. The Hall–Kier alpha value is -4.45. The largest absolute Gasteiger partial charge is 0.383 e. The Kier molecular flexibility index (Phi) is 7.68. The maximum absolute atomic E-state index is 14.7. The van der Waals surface area contributed by atoms with E-state index in [9.17, 15) is 4.39 Å². The summed E-state index contributed by atoms with van der Waals surface area (Å²) in [7, 11) is 0. The van der Waals surface area contributed by atoms with Crippen LogP contribution in [0.15, 0.2) is 91.8 Å². The van der Waals surface area contributed by atoms with Crippen LogP contribution in [0.4, 0.5) is 4.39 Å². The first-order valence-electron chi connectivity index (χ1n) is 12.3. The Bertz CT molecular complexity index is 1540. The highest BCUT2D eigenvalue weighted by atomic mass is 19.1. The summed E-state index contributed by atoms with van der Waals surface area (Å²) in [6, 6.07) is 11.1. The van der Waals surface area contributed by atoms with Crippen LogP contribution in [-0.2, 0) is 0 Å². The van der Waals surface area contributed by atoms with E-state index in [1.54, 1.807) is 18.2 Å². The van der Waals surface area contributed by atoms with E-state index in [4.69, 9.17) is 0 Å². The number of nitrogens with zero attached hydrogens (tertiary/aromatic N) is 2. The van der Waals surface area contributed by atoms with Gasteiger partial charge in [0.05, 0.1) is 11.4 Å². The molecule has 3 heterocycles. The molecule has 0 saturated carbocycles. The topological polar surface area (TPSA) is 69.4 Å². The van der Waals surface area contributed by atoms with Gasteiger partial charge in [0.15, 0.2) is 5.65 Å². The van der Waals surface area contributed by atoms with Gasteiger partial charge in [-0.3, -0.25) is 5.10 Å². The second kappa shape index (κ2) is 11.1. The fourth-order valence-corrected chi connectivity index (χ4v) is 4.35. The number of pyridine rings is 1. The van der Waals surface area contributed by atoms with Crippen LogP contribution in [0.5, 0.6) is 0 Å². The Morgan fingerprint density at radius 2 is 1.92 bits per heavy atom. The lowest BCUT2D eigenvalue weighted by Gasteiger charge is -2.12. The summed E-state index contributed by atoms with van der Waals surface area (Å²) in [5.41, 5.74) is 8.26. The predicted octanol–water partition coefficient (Wildman–Crippen LogP) is 7.49. The molecule has 0 unspecified atom stereocenters. The number of nitrogens with one attached hydrogen (secondary N) is 3. The lowest BCUT2D eigenvalue weighted by molar-refractivity contribution is 0.624. The van der Waals surface area contributed by atoms with Gasteiger partial charge in [-0.15, -0.1) is 0 Å². The Labute approximate surface area is 217 Å². The van der Waals surface area contributed by atoms with E-state index in [-0.39, 0.29) is 11.9 Å². The average Bonchev–Trinajstić information content (AvgIpc) is 3.48. The number of hydrogen-bond donors (Lipinski definition) is 3. The number of H-pyrrole nitrogens is 2. The third kappa shape index (κ3) is 5.38. The number of allylic oxidation sites excluding steroid dienone is 6. The summed E-state index contributed by atoms with van der Waals surface area (Å²) in [4.78, 5) is 8.04. The van der Waals surface area contributed by atoms with Crippen LogP contribution in [0.1, 0.15) is 43.2 Å². The highest BCUT2D eigenvalue weighted by Crippen LogP contribution is 2.34. The highest BCUT2D eigenvalue weighted by Gasteiger charge is 2.18. The molecule has 4 rings (SSSR count). The molecule has 0 bridgehead atoms. The molecule has 188 valence electrons. The van der Waals surface area contributed by atoms with Gasteiger partial charge in [0.2, 0.25) is 0 Å². The summed E-state index contributed by atoms with van der Waals surface area (Å²) in [6.07, 6.45) is 11.2. The fourth-order valence-electron chi connectivity index (χ4n) is 4.35. The van der Waals surface area contributed by atoms with Crippen LogP contribution in [0, 0.1) is 12.7 Å². The summed E-state index contributed by atoms with van der Waals surface area (Å²) in [5.74, 6) is -0.281. The van der Waals surface area contributed by atoms with Crippen molar-refractivity contribution in [3.63, 3.8) is 0 Å². The van der Waals surface area contributed by atoms with Crippen LogP contribution < -0.4 is 5.32 Å². The molecular formula is C31H32FN5. The van der Waals surface area contributed by atoms with Crippen molar-refractivity contribution in [1.29, 1.82) is 0 Å². The van der Waals surface area contributed by atoms with Crippen molar-refractivity contribution in [2.75, 3.05) is 0 Å². The molecule has 0 fully saturated rings. The Balaban J connectivity index is 1.79. The van der Waals surface area contributed by atoms with Gasteiger partial charge in [0.1, 0.15) is 5.82 Å². The van der Waals surface area contributed by atoms with E-state index < -0.39 is 0 Å². The molecule has 4 aromatic rings. The number of hydrogen-bond acceptors (Lipinski definition) is 3. The van der Waals surface area contributed by atoms with Gasteiger partial charge in [-0.2, -0.15) is 5.10 Å². The third-order valence-corrected chi connectivity index (χ3v) is 6.06.